The molecule has 0 saturated heterocycles. The van der Waals surface area contributed by atoms with Gasteiger partial charge >= 0.3 is 0 Å². The molecule has 7 heteroatoms. The number of carbonyl (C=O) groups is 2. The van der Waals surface area contributed by atoms with Gasteiger partial charge in [0.15, 0.2) is 0 Å². The molecule has 3 N–H and O–H groups in total. The van der Waals surface area contributed by atoms with Gasteiger partial charge in [0.1, 0.15) is 0 Å². The maximum absolute atomic E-state index is 12.1. The fourth-order valence-electron chi connectivity index (χ4n) is 3.61. The molecule has 0 aliphatic heterocycles. The van der Waals surface area contributed by atoms with Gasteiger partial charge in [0.05, 0.1) is 23.3 Å². The molecule has 0 bridgehead atoms. The van der Waals surface area contributed by atoms with Crippen LogP contribution in [0.4, 0.5) is 11.4 Å². The maximum atomic E-state index is 12.1. The van der Waals surface area contributed by atoms with E-state index in [0.29, 0.717) is 22.3 Å². The lowest BCUT2D eigenvalue weighted by atomic mass is 9.87. The van der Waals surface area contributed by atoms with Crippen LogP contribution in [0, 0.1) is 22.7 Å². The van der Waals surface area contributed by atoms with E-state index in [4.69, 9.17) is 27.9 Å². The second-order valence-corrected chi connectivity index (χ2v) is 12.1. The van der Waals surface area contributed by atoms with Crippen LogP contribution in [-0.4, -0.2) is 11.1 Å². The Morgan fingerprint density at radius 1 is 0.628 bits per heavy atom. The average Bonchev–Trinajstić information content (AvgIpc) is 2.97. The normalized spacial score (nSPS) is 10.4. The average molecular weight is 593 g/mol. The van der Waals surface area contributed by atoms with Crippen molar-refractivity contribution in [1.82, 2.24) is 0 Å². The number of amides is 1. The van der Waals surface area contributed by atoms with Crippen LogP contribution in [0.3, 0.4) is 0 Å². The van der Waals surface area contributed by atoms with E-state index < -0.39 is 5.24 Å². The summed E-state index contributed by atoms with van der Waals surface area (Å²) < 4.78 is 0. The van der Waals surface area contributed by atoms with Gasteiger partial charge in [-0.25, -0.2) is 0 Å². The lowest BCUT2D eigenvalue weighted by molar-refractivity contribution is 0.102. The van der Waals surface area contributed by atoms with E-state index in [9.17, 15) is 9.59 Å². The van der Waals surface area contributed by atoms with Crippen molar-refractivity contribution in [3.63, 3.8) is 0 Å². The quantitative estimate of drug-likeness (QED) is 0.182. The van der Waals surface area contributed by atoms with Crippen molar-refractivity contribution in [2.45, 2.75) is 52.4 Å². The molecular weight excluding hydrogens is 556 g/mol. The van der Waals surface area contributed by atoms with Crippen LogP contribution < -0.4 is 11.1 Å². The van der Waals surface area contributed by atoms with E-state index in [0.717, 1.165) is 11.4 Å². The largest absolute Gasteiger partial charge is 0.399 e. The van der Waals surface area contributed by atoms with Crippen molar-refractivity contribution in [3.8, 4) is 12.1 Å². The van der Waals surface area contributed by atoms with E-state index in [1.165, 1.54) is 23.3 Å². The molecule has 4 rings (SSSR count). The number of nitrogens with one attached hydrogen (secondary N) is 1. The van der Waals surface area contributed by atoms with Gasteiger partial charge in [-0.05, 0) is 106 Å². The van der Waals surface area contributed by atoms with Crippen LogP contribution >= 0.6 is 11.6 Å². The van der Waals surface area contributed by atoms with Crippen LogP contribution in [0.1, 0.15) is 84.5 Å². The van der Waals surface area contributed by atoms with Gasteiger partial charge in [-0.3, -0.25) is 9.59 Å². The molecule has 0 radical (unpaired) electrons. The minimum atomic E-state index is -0.505. The van der Waals surface area contributed by atoms with Crippen molar-refractivity contribution < 1.29 is 9.59 Å². The zero-order valence-electron chi connectivity index (χ0n) is 25.4. The second kappa shape index (κ2) is 15.4. The van der Waals surface area contributed by atoms with Crippen molar-refractivity contribution >= 4 is 34.1 Å². The first kappa shape index (κ1) is 34.3. The molecule has 0 saturated carbocycles. The summed E-state index contributed by atoms with van der Waals surface area (Å²) in [6.45, 7) is 13.0. The van der Waals surface area contributed by atoms with Gasteiger partial charge in [-0.15, -0.1) is 0 Å². The summed E-state index contributed by atoms with van der Waals surface area (Å²) in [5.74, 6) is -0.178. The molecule has 1 amide bonds. The number of rotatable bonds is 3. The third-order valence-corrected chi connectivity index (χ3v) is 6.52. The second-order valence-electron chi connectivity index (χ2n) is 11.8. The molecule has 4 aromatic carbocycles. The summed E-state index contributed by atoms with van der Waals surface area (Å²) in [6.07, 6.45) is 0. The first-order valence-corrected chi connectivity index (χ1v) is 14.0. The van der Waals surface area contributed by atoms with Crippen LogP contribution in [0.15, 0.2) is 97.1 Å². The highest BCUT2D eigenvalue weighted by atomic mass is 35.5. The van der Waals surface area contributed by atoms with Crippen LogP contribution in [0.2, 0.25) is 0 Å². The highest BCUT2D eigenvalue weighted by Gasteiger charge is 2.14. The molecule has 6 nitrogen and oxygen atoms in total. The van der Waals surface area contributed by atoms with Crippen LogP contribution in [-0.2, 0) is 10.8 Å². The Labute approximate surface area is 259 Å². The lowest BCUT2D eigenvalue weighted by Crippen LogP contribution is -2.13. The molecule has 0 heterocycles. The van der Waals surface area contributed by atoms with Gasteiger partial charge in [0.25, 0.3) is 11.1 Å². The van der Waals surface area contributed by atoms with E-state index in [1.807, 2.05) is 48.5 Å². The zero-order chi connectivity index (χ0) is 32.2. The molecule has 0 aromatic heterocycles. The highest BCUT2D eigenvalue weighted by Crippen LogP contribution is 2.24. The third kappa shape index (κ3) is 11.5. The number of hydrogen-bond acceptors (Lipinski definition) is 5. The van der Waals surface area contributed by atoms with Crippen molar-refractivity contribution in [2.24, 2.45) is 0 Å². The first-order valence-electron chi connectivity index (χ1n) is 13.6. The van der Waals surface area contributed by atoms with E-state index in [-0.39, 0.29) is 16.7 Å². The summed E-state index contributed by atoms with van der Waals surface area (Å²) in [7, 11) is 0. The Morgan fingerprint density at radius 3 is 1.35 bits per heavy atom. The molecule has 0 aliphatic rings. The van der Waals surface area contributed by atoms with Gasteiger partial charge in [0.2, 0.25) is 0 Å². The number of nitrogens with zero attached hydrogens (tertiary/aromatic N) is 2. The standard InChI is InChI=1S/C18H18N2O.C10H15N.C8H4ClNO/c1-18(2,3)15-8-10-16(11-9-15)20-17(21)14-6-4-13(12-19)5-7-14;1-10(2,3)8-4-6-9(11)7-5-8;9-8(11)7-3-1-6(5-10)2-4-7/h4-11H,1-3H3,(H,20,21);4-7H,11H2,1-3H3;1-4H. The molecule has 4 aromatic rings. The van der Waals surface area contributed by atoms with E-state index in [1.54, 1.807) is 36.4 Å². The molecule has 43 heavy (non-hydrogen) atoms. The number of nitrogen functional groups attached to an aromatic ring is 1. The molecule has 0 fully saturated rings. The number of halogens is 1. The SMILES string of the molecule is CC(C)(C)c1ccc(N)cc1.CC(C)(C)c1ccc(NC(=O)c2ccc(C#N)cc2)cc1.N#Cc1ccc(C(=O)Cl)cc1. The van der Waals surface area contributed by atoms with Gasteiger partial charge in [-0.2, -0.15) is 10.5 Å². The topological polar surface area (TPSA) is 120 Å². The molecule has 0 aliphatic carbocycles. The van der Waals surface area contributed by atoms with Crippen molar-refractivity contribution in [2.75, 3.05) is 11.1 Å². The van der Waals surface area contributed by atoms with Crippen molar-refractivity contribution in [3.05, 3.63) is 130 Å². The minimum absolute atomic E-state index is 0.0929. The van der Waals surface area contributed by atoms with Gasteiger partial charge < -0.3 is 11.1 Å². The number of carbonyl (C=O) groups excluding carboxylic acids is 2. The van der Waals surface area contributed by atoms with Crippen LogP contribution in [0.25, 0.3) is 0 Å². The molecule has 220 valence electrons. The zero-order valence-corrected chi connectivity index (χ0v) is 26.2. The monoisotopic (exact) mass is 592 g/mol. The number of benzene rings is 4. The first-order chi connectivity index (χ1) is 20.1. The summed E-state index contributed by atoms with van der Waals surface area (Å²) in [5.41, 5.74) is 12.0. The molecule has 0 spiro atoms. The number of nitriles is 2. The lowest BCUT2D eigenvalue weighted by Gasteiger charge is -2.19. The summed E-state index contributed by atoms with van der Waals surface area (Å²) in [4.78, 5) is 22.6. The number of nitrogens with two attached hydrogens (primary N) is 1. The molecular formula is C36H37ClN4O2. The summed E-state index contributed by atoms with van der Waals surface area (Å²) >= 11 is 5.18. The highest BCUT2D eigenvalue weighted by molar-refractivity contribution is 6.67. The third-order valence-electron chi connectivity index (χ3n) is 6.30. The predicted molar refractivity (Wildman–Crippen MR) is 175 cm³/mol. The Morgan fingerprint density at radius 2 is 1.00 bits per heavy atom. The Hall–Kier alpha value is -4.91. The minimum Gasteiger partial charge on any atom is -0.399 e. The number of anilines is 2. The smallest absolute Gasteiger partial charge is 0.255 e. The van der Waals surface area contributed by atoms with E-state index >= 15 is 0 Å². The Bertz CT molecular complexity index is 1580. The Balaban J connectivity index is 0.000000247. The van der Waals surface area contributed by atoms with Gasteiger partial charge in [0, 0.05) is 22.5 Å². The molecule has 0 unspecified atom stereocenters. The summed E-state index contributed by atoms with van der Waals surface area (Å²) in [6, 6.07) is 32.6. The van der Waals surface area contributed by atoms with Crippen LogP contribution in [0.5, 0.6) is 0 Å². The fourth-order valence-corrected chi connectivity index (χ4v) is 3.74. The molecule has 0 atom stereocenters. The van der Waals surface area contributed by atoms with Gasteiger partial charge in [-0.1, -0.05) is 65.8 Å². The number of hydrogen-bond donors (Lipinski definition) is 2. The van der Waals surface area contributed by atoms with Crippen molar-refractivity contribution in [1.29, 1.82) is 10.5 Å². The van der Waals surface area contributed by atoms with E-state index in [2.05, 4.69) is 59.0 Å². The summed E-state index contributed by atoms with van der Waals surface area (Å²) in [5, 5.41) is 19.5. The predicted octanol–water partition coefficient (Wildman–Crippen LogP) is 8.61. The Kier molecular flexibility index (Phi) is 12.2. The maximum Gasteiger partial charge on any atom is 0.255 e. The fraction of sp³-hybridized carbons (Fsp3) is 0.222.